The lowest BCUT2D eigenvalue weighted by Crippen LogP contribution is -2.46. The zero-order chi connectivity index (χ0) is 15.4. The molecule has 0 amide bonds. The number of aliphatic imine (C=N–C) groups is 1. The van der Waals surface area contributed by atoms with Gasteiger partial charge in [0, 0.05) is 36.5 Å². The molecule has 22 heavy (non-hydrogen) atoms. The summed E-state index contributed by atoms with van der Waals surface area (Å²) in [7, 11) is 1.87. The molecule has 0 spiro atoms. The topological polar surface area (TPSA) is 36.9 Å². The van der Waals surface area contributed by atoms with E-state index in [1.54, 1.807) is 0 Å². The number of piperidine rings is 1. The third kappa shape index (κ3) is 4.46. The summed E-state index contributed by atoms with van der Waals surface area (Å²) in [4.78, 5) is 9.52. The van der Waals surface area contributed by atoms with Crippen LogP contribution in [0.4, 0.5) is 0 Å². The van der Waals surface area contributed by atoms with Gasteiger partial charge in [0.05, 0.1) is 12.6 Å². The van der Waals surface area contributed by atoms with E-state index in [9.17, 15) is 0 Å². The van der Waals surface area contributed by atoms with E-state index >= 15 is 0 Å². The van der Waals surface area contributed by atoms with Crippen LogP contribution in [0.3, 0.4) is 0 Å². The predicted molar refractivity (Wildman–Crippen MR) is 92.5 cm³/mol. The van der Waals surface area contributed by atoms with Gasteiger partial charge in [0.2, 0.25) is 0 Å². The van der Waals surface area contributed by atoms with Crippen LogP contribution in [0, 0.1) is 12.8 Å². The van der Waals surface area contributed by atoms with Crippen molar-refractivity contribution < 1.29 is 4.74 Å². The summed E-state index contributed by atoms with van der Waals surface area (Å²) >= 11 is 1.85. The second-order valence-corrected chi connectivity index (χ2v) is 7.75. The number of thiophene rings is 1. The Morgan fingerprint density at radius 1 is 1.32 bits per heavy atom. The molecule has 0 radical (unpaired) electrons. The molecule has 1 saturated carbocycles. The molecule has 1 aliphatic heterocycles. The van der Waals surface area contributed by atoms with Crippen LogP contribution in [-0.2, 0) is 11.3 Å². The van der Waals surface area contributed by atoms with Crippen molar-refractivity contribution >= 4 is 17.3 Å². The van der Waals surface area contributed by atoms with E-state index in [0.29, 0.717) is 6.10 Å². The van der Waals surface area contributed by atoms with Crippen molar-refractivity contribution in [2.24, 2.45) is 10.9 Å². The minimum atomic E-state index is 0.454. The van der Waals surface area contributed by atoms with E-state index < -0.39 is 0 Å². The summed E-state index contributed by atoms with van der Waals surface area (Å²) in [5, 5.41) is 3.49. The van der Waals surface area contributed by atoms with Crippen molar-refractivity contribution in [3.05, 3.63) is 21.9 Å². The third-order valence-electron chi connectivity index (χ3n) is 4.43. The summed E-state index contributed by atoms with van der Waals surface area (Å²) in [5.41, 5.74) is 0. The van der Waals surface area contributed by atoms with Crippen molar-refractivity contribution in [2.45, 2.75) is 45.3 Å². The fourth-order valence-corrected chi connectivity index (χ4v) is 3.70. The van der Waals surface area contributed by atoms with E-state index in [-0.39, 0.29) is 0 Å². The highest BCUT2D eigenvalue weighted by Crippen LogP contribution is 2.30. The minimum Gasteiger partial charge on any atom is -0.378 e. The largest absolute Gasteiger partial charge is 0.378 e. The Labute approximate surface area is 137 Å². The van der Waals surface area contributed by atoms with Crippen molar-refractivity contribution in [2.75, 3.05) is 26.7 Å². The molecule has 3 rings (SSSR count). The molecule has 2 fully saturated rings. The lowest BCUT2D eigenvalue weighted by molar-refractivity contribution is 0.0131. The fourth-order valence-electron chi connectivity index (χ4n) is 2.87. The van der Waals surface area contributed by atoms with Crippen LogP contribution in [0.2, 0.25) is 0 Å². The number of nitrogens with zero attached hydrogens (tertiary/aromatic N) is 2. The lowest BCUT2D eigenvalue weighted by Gasteiger charge is -2.34. The smallest absolute Gasteiger partial charge is 0.193 e. The maximum atomic E-state index is 6.02. The van der Waals surface area contributed by atoms with Crippen LogP contribution in [0.15, 0.2) is 17.1 Å². The second kappa shape index (κ2) is 7.47. The van der Waals surface area contributed by atoms with Crippen molar-refractivity contribution in [3.63, 3.8) is 0 Å². The highest BCUT2D eigenvalue weighted by molar-refractivity contribution is 7.11. The van der Waals surface area contributed by atoms with Crippen LogP contribution in [0.5, 0.6) is 0 Å². The number of aryl methyl sites for hydroxylation is 1. The highest BCUT2D eigenvalue weighted by atomic mass is 32.1. The number of nitrogens with one attached hydrogen (secondary N) is 1. The molecule has 2 aliphatic rings. The Balaban J connectivity index is 1.41. The Hall–Kier alpha value is -1.07. The lowest BCUT2D eigenvalue weighted by atomic mass is 10.1. The summed E-state index contributed by atoms with van der Waals surface area (Å²) in [5.74, 6) is 1.88. The molecular weight excluding hydrogens is 294 g/mol. The highest BCUT2D eigenvalue weighted by Gasteiger charge is 2.26. The van der Waals surface area contributed by atoms with E-state index in [1.165, 1.54) is 22.6 Å². The first-order chi connectivity index (χ1) is 10.7. The Bertz CT molecular complexity index is 502. The number of rotatable bonds is 5. The maximum absolute atomic E-state index is 6.02. The van der Waals surface area contributed by atoms with Gasteiger partial charge in [-0.25, -0.2) is 0 Å². The van der Waals surface area contributed by atoms with Gasteiger partial charge in [-0.05, 0) is 50.7 Å². The molecule has 1 N–H and O–H groups in total. The van der Waals surface area contributed by atoms with Crippen LogP contribution in [-0.4, -0.2) is 43.7 Å². The number of likely N-dealkylation sites (tertiary alicyclic amines) is 1. The molecule has 5 heteroatoms. The Kier molecular flexibility index (Phi) is 5.37. The monoisotopic (exact) mass is 321 g/mol. The quantitative estimate of drug-likeness (QED) is 0.669. The van der Waals surface area contributed by atoms with E-state index in [4.69, 9.17) is 4.74 Å². The molecule has 0 atom stereocenters. The molecule has 2 heterocycles. The van der Waals surface area contributed by atoms with Gasteiger partial charge in [-0.15, -0.1) is 11.3 Å². The summed E-state index contributed by atoms with van der Waals surface area (Å²) in [6.07, 6.45) is 5.43. The minimum absolute atomic E-state index is 0.454. The maximum Gasteiger partial charge on any atom is 0.193 e. The fraction of sp³-hybridized carbons (Fsp3) is 0.706. The first-order valence-corrected chi connectivity index (χ1v) is 9.19. The number of hydrogen-bond acceptors (Lipinski definition) is 3. The van der Waals surface area contributed by atoms with Gasteiger partial charge in [-0.2, -0.15) is 0 Å². The first kappa shape index (κ1) is 15.8. The normalized spacial score (nSPS) is 20.5. The van der Waals surface area contributed by atoms with Gasteiger partial charge >= 0.3 is 0 Å². The zero-order valence-corrected chi connectivity index (χ0v) is 14.5. The van der Waals surface area contributed by atoms with E-state index in [0.717, 1.165) is 51.0 Å². The standard InChI is InChI=1S/C17H27N3OS/c1-13-3-6-16(22-13)11-19-17(18-2)20-9-7-15(8-10-20)21-12-14-4-5-14/h3,6,14-15H,4-5,7-12H2,1-2H3,(H,18,19). The number of ether oxygens (including phenoxy) is 1. The van der Waals surface area contributed by atoms with Gasteiger partial charge in [0.25, 0.3) is 0 Å². The summed E-state index contributed by atoms with van der Waals surface area (Å²) in [6, 6.07) is 4.37. The van der Waals surface area contributed by atoms with Crippen LogP contribution in [0.25, 0.3) is 0 Å². The molecule has 1 aromatic heterocycles. The average molecular weight is 321 g/mol. The summed E-state index contributed by atoms with van der Waals surface area (Å²) < 4.78 is 6.02. The van der Waals surface area contributed by atoms with Crippen molar-refractivity contribution in [3.8, 4) is 0 Å². The predicted octanol–water partition coefficient (Wildman–Crippen LogP) is 3.02. The molecule has 0 unspecified atom stereocenters. The second-order valence-electron chi connectivity index (χ2n) is 6.38. The van der Waals surface area contributed by atoms with Gasteiger partial charge < -0.3 is 15.0 Å². The molecule has 4 nitrogen and oxygen atoms in total. The summed E-state index contributed by atoms with van der Waals surface area (Å²) in [6.45, 7) is 6.07. The zero-order valence-electron chi connectivity index (χ0n) is 13.7. The molecule has 0 aromatic carbocycles. The van der Waals surface area contributed by atoms with E-state index in [2.05, 4.69) is 34.3 Å². The average Bonchev–Trinajstić information content (AvgIpc) is 3.28. The molecule has 1 aromatic rings. The van der Waals surface area contributed by atoms with Crippen LogP contribution in [0.1, 0.15) is 35.4 Å². The Morgan fingerprint density at radius 2 is 2.09 bits per heavy atom. The van der Waals surface area contributed by atoms with Gasteiger partial charge in [0.1, 0.15) is 0 Å². The van der Waals surface area contributed by atoms with Crippen molar-refractivity contribution in [1.82, 2.24) is 10.2 Å². The first-order valence-electron chi connectivity index (χ1n) is 8.37. The molecule has 1 aliphatic carbocycles. The van der Waals surface area contributed by atoms with Crippen LogP contribution >= 0.6 is 11.3 Å². The van der Waals surface area contributed by atoms with Crippen molar-refractivity contribution in [1.29, 1.82) is 0 Å². The molecular formula is C17H27N3OS. The number of hydrogen-bond donors (Lipinski definition) is 1. The van der Waals surface area contributed by atoms with Gasteiger partial charge in [0.15, 0.2) is 5.96 Å². The van der Waals surface area contributed by atoms with Gasteiger partial charge in [-0.3, -0.25) is 4.99 Å². The molecule has 0 bridgehead atoms. The van der Waals surface area contributed by atoms with E-state index in [1.807, 2.05) is 18.4 Å². The molecule has 1 saturated heterocycles. The Morgan fingerprint density at radius 3 is 2.68 bits per heavy atom. The number of guanidine groups is 1. The van der Waals surface area contributed by atoms with Gasteiger partial charge in [-0.1, -0.05) is 0 Å². The third-order valence-corrected chi connectivity index (χ3v) is 5.44. The molecule has 122 valence electrons. The SMILES string of the molecule is CN=C(NCc1ccc(C)s1)N1CCC(OCC2CC2)CC1. The van der Waals surface area contributed by atoms with Crippen LogP contribution < -0.4 is 5.32 Å².